The molecule has 0 fully saturated rings. The van der Waals surface area contributed by atoms with Crippen molar-refractivity contribution in [2.75, 3.05) is 0 Å². The third kappa shape index (κ3) is 2.03. The molecule has 17 heavy (non-hydrogen) atoms. The van der Waals surface area contributed by atoms with E-state index < -0.39 is 5.97 Å². The van der Waals surface area contributed by atoms with E-state index in [9.17, 15) is 4.79 Å². The second-order valence-corrected chi connectivity index (χ2v) is 4.57. The number of nitrogens with zero attached hydrogens (tertiary/aromatic N) is 1. The van der Waals surface area contributed by atoms with E-state index in [0.717, 1.165) is 22.2 Å². The highest BCUT2D eigenvalue weighted by Gasteiger charge is 2.14. The van der Waals surface area contributed by atoms with Crippen molar-refractivity contribution in [3.05, 3.63) is 34.5 Å². The van der Waals surface area contributed by atoms with E-state index in [-0.39, 0.29) is 6.42 Å². The molecule has 90 valence electrons. The number of halogens is 1. The van der Waals surface area contributed by atoms with E-state index in [2.05, 4.69) is 0 Å². The zero-order valence-corrected chi connectivity index (χ0v) is 10.6. The van der Waals surface area contributed by atoms with Gasteiger partial charge in [0, 0.05) is 18.1 Å². The third-order valence-electron chi connectivity index (χ3n) is 3.14. The van der Waals surface area contributed by atoms with E-state index in [4.69, 9.17) is 16.7 Å². The van der Waals surface area contributed by atoms with Crippen LogP contribution in [-0.4, -0.2) is 15.6 Å². The molecule has 1 N–H and O–H groups in total. The summed E-state index contributed by atoms with van der Waals surface area (Å²) in [5, 5.41) is 10.6. The molecule has 0 atom stereocenters. The van der Waals surface area contributed by atoms with Crippen molar-refractivity contribution < 1.29 is 9.90 Å². The molecule has 0 unspecified atom stereocenters. The molecule has 0 aliphatic rings. The van der Waals surface area contributed by atoms with Crippen molar-refractivity contribution in [3.63, 3.8) is 0 Å². The van der Waals surface area contributed by atoms with Crippen LogP contribution in [0, 0.1) is 6.92 Å². The number of aliphatic carboxylic acids is 1. The smallest absolute Gasteiger partial charge is 0.303 e. The first-order chi connectivity index (χ1) is 8.02. The van der Waals surface area contributed by atoms with Gasteiger partial charge in [0.15, 0.2) is 0 Å². The Kier molecular flexibility index (Phi) is 3.11. The van der Waals surface area contributed by atoms with Gasteiger partial charge in [-0.05, 0) is 25.0 Å². The number of aromatic nitrogens is 1. The average Bonchev–Trinajstić information content (AvgIpc) is 2.50. The van der Waals surface area contributed by atoms with Gasteiger partial charge in [-0.3, -0.25) is 4.79 Å². The highest BCUT2D eigenvalue weighted by atomic mass is 35.5. The zero-order chi connectivity index (χ0) is 12.6. The van der Waals surface area contributed by atoms with Crippen LogP contribution in [0.4, 0.5) is 0 Å². The SMILES string of the molecule is Cc1c(CCC(=O)O)n(C)c2c(Cl)cccc12. The molecule has 2 rings (SSSR count). The minimum atomic E-state index is -0.777. The Morgan fingerprint density at radius 1 is 1.47 bits per heavy atom. The van der Waals surface area contributed by atoms with E-state index in [1.807, 2.05) is 36.7 Å². The standard InChI is InChI=1S/C13H14ClNO2/c1-8-9-4-3-5-10(14)13(9)15(2)11(8)6-7-12(16)17/h3-5H,6-7H2,1-2H3,(H,16,17). The van der Waals surface area contributed by atoms with Gasteiger partial charge in [-0.15, -0.1) is 0 Å². The van der Waals surface area contributed by atoms with Crippen LogP contribution in [-0.2, 0) is 18.3 Å². The van der Waals surface area contributed by atoms with Crippen LogP contribution in [0.25, 0.3) is 10.9 Å². The normalized spacial score (nSPS) is 11.0. The minimum absolute atomic E-state index is 0.141. The fraction of sp³-hybridized carbons (Fsp3) is 0.308. The van der Waals surface area contributed by atoms with Gasteiger partial charge in [0.25, 0.3) is 0 Å². The Bertz CT molecular complexity index is 587. The number of rotatable bonds is 3. The maximum atomic E-state index is 10.6. The molecule has 1 aromatic carbocycles. The van der Waals surface area contributed by atoms with Crippen molar-refractivity contribution in [2.24, 2.45) is 7.05 Å². The first-order valence-electron chi connectivity index (χ1n) is 5.46. The summed E-state index contributed by atoms with van der Waals surface area (Å²) >= 11 is 6.17. The second-order valence-electron chi connectivity index (χ2n) is 4.16. The van der Waals surface area contributed by atoms with Gasteiger partial charge >= 0.3 is 5.97 Å². The number of hydrogen-bond acceptors (Lipinski definition) is 1. The zero-order valence-electron chi connectivity index (χ0n) is 9.83. The molecule has 2 aromatic rings. The van der Waals surface area contributed by atoms with Crippen molar-refractivity contribution in [1.82, 2.24) is 4.57 Å². The van der Waals surface area contributed by atoms with Gasteiger partial charge in [-0.2, -0.15) is 0 Å². The monoisotopic (exact) mass is 251 g/mol. The van der Waals surface area contributed by atoms with Crippen LogP contribution in [0.3, 0.4) is 0 Å². The number of benzene rings is 1. The molecular weight excluding hydrogens is 238 g/mol. The first-order valence-corrected chi connectivity index (χ1v) is 5.84. The largest absolute Gasteiger partial charge is 0.481 e. The molecule has 0 saturated carbocycles. The molecule has 0 radical (unpaired) electrons. The second kappa shape index (κ2) is 4.41. The van der Waals surface area contributed by atoms with Crippen molar-refractivity contribution in [3.8, 4) is 0 Å². The summed E-state index contributed by atoms with van der Waals surface area (Å²) in [6.07, 6.45) is 0.672. The summed E-state index contributed by atoms with van der Waals surface area (Å²) in [7, 11) is 1.93. The Balaban J connectivity index is 2.57. The van der Waals surface area contributed by atoms with Gasteiger partial charge < -0.3 is 9.67 Å². The van der Waals surface area contributed by atoms with Gasteiger partial charge in [-0.25, -0.2) is 0 Å². The van der Waals surface area contributed by atoms with E-state index in [1.54, 1.807) is 0 Å². The quantitative estimate of drug-likeness (QED) is 0.911. The van der Waals surface area contributed by atoms with Crippen molar-refractivity contribution >= 4 is 28.5 Å². The lowest BCUT2D eigenvalue weighted by Crippen LogP contribution is -2.03. The summed E-state index contributed by atoms with van der Waals surface area (Å²) < 4.78 is 2.00. The maximum Gasteiger partial charge on any atom is 0.303 e. The summed E-state index contributed by atoms with van der Waals surface area (Å²) in [6, 6.07) is 5.78. The molecule has 4 heteroatoms. The number of aryl methyl sites for hydroxylation is 2. The molecule has 0 saturated heterocycles. The van der Waals surface area contributed by atoms with Crippen LogP contribution < -0.4 is 0 Å². The number of carboxylic acids is 1. The van der Waals surface area contributed by atoms with E-state index >= 15 is 0 Å². The van der Waals surface area contributed by atoms with Crippen molar-refractivity contribution in [1.29, 1.82) is 0 Å². The number of hydrogen-bond donors (Lipinski definition) is 1. The fourth-order valence-corrected chi connectivity index (χ4v) is 2.58. The molecular formula is C13H14ClNO2. The average molecular weight is 252 g/mol. The molecule has 0 spiro atoms. The predicted molar refractivity (Wildman–Crippen MR) is 68.6 cm³/mol. The molecule has 1 aromatic heterocycles. The predicted octanol–water partition coefficient (Wildman–Crippen LogP) is 3.16. The highest BCUT2D eigenvalue weighted by Crippen LogP contribution is 2.30. The number of carboxylic acid groups (broad SMARTS) is 1. The lowest BCUT2D eigenvalue weighted by Gasteiger charge is -2.04. The maximum absolute atomic E-state index is 10.6. The minimum Gasteiger partial charge on any atom is -0.481 e. The number of carbonyl (C=O) groups is 1. The molecule has 0 aliphatic heterocycles. The van der Waals surface area contributed by atoms with Crippen LogP contribution >= 0.6 is 11.6 Å². The van der Waals surface area contributed by atoms with Crippen LogP contribution in [0.2, 0.25) is 5.02 Å². The molecule has 1 heterocycles. The third-order valence-corrected chi connectivity index (χ3v) is 3.44. The number of para-hydroxylation sites is 1. The number of fused-ring (bicyclic) bond motifs is 1. The Morgan fingerprint density at radius 3 is 2.76 bits per heavy atom. The lowest BCUT2D eigenvalue weighted by molar-refractivity contribution is -0.136. The fourth-order valence-electron chi connectivity index (χ4n) is 2.28. The Hall–Kier alpha value is -1.48. The highest BCUT2D eigenvalue weighted by molar-refractivity contribution is 6.35. The first kappa shape index (κ1) is 12.0. The van der Waals surface area contributed by atoms with Gasteiger partial charge in [0.05, 0.1) is 17.0 Å². The Morgan fingerprint density at radius 2 is 2.18 bits per heavy atom. The van der Waals surface area contributed by atoms with E-state index in [0.29, 0.717) is 11.4 Å². The van der Waals surface area contributed by atoms with Gasteiger partial charge in [0.2, 0.25) is 0 Å². The molecule has 0 aliphatic carbocycles. The molecule has 0 bridgehead atoms. The van der Waals surface area contributed by atoms with Crippen LogP contribution in [0.1, 0.15) is 17.7 Å². The summed E-state index contributed by atoms with van der Waals surface area (Å²) in [6.45, 7) is 2.01. The summed E-state index contributed by atoms with van der Waals surface area (Å²) in [4.78, 5) is 10.6. The Labute approximate surface area is 105 Å². The lowest BCUT2D eigenvalue weighted by atomic mass is 10.1. The van der Waals surface area contributed by atoms with E-state index in [1.165, 1.54) is 0 Å². The molecule has 3 nitrogen and oxygen atoms in total. The topological polar surface area (TPSA) is 42.2 Å². The van der Waals surface area contributed by atoms with Crippen LogP contribution in [0.15, 0.2) is 18.2 Å². The van der Waals surface area contributed by atoms with Gasteiger partial charge in [0.1, 0.15) is 0 Å². The summed E-state index contributed by atoms with van der Waals surface area (Å²) in [5.41, 5.74) is 3.13. The summed E-state index contributed by atoms with van der Waals surface area (Å²) in [5.74, 6) is -0.777. The van der Waals surface area contributed by atoms with Crippen LogP contribution in [0.5, 0.6) is 0 Å². The molecule has 0 amide bonds. The van der Waals surface area contributed by atoms with Crippen molar-refractivity contribution in [2.45, 2.75) is 19.8 Å². The van der Waals surface area contributed by atoms with Gasteiger partial charge in [-0.1, -0.05) is 23.7 Å².